The summed E-state index contributed by atoms with van der Waals surface area (Å²) in [5, 5.41) is 8.93. The molecular weight excluding hydrogens is 337 g/mol. The normalized spacial score (nSPS) is 13.8. The van der Waals surface area contributed by atoms with Gasteiger partial charge in [-0.15, -0.1) is 0 Å². The second kappa shape index (κ2) is 6.89. The van der Waals surface area contributed by atoms with Gasteiger partial charge >= 0.3 is 0 Å². The average Bonchev–Trinajstić information content (AvgIpc) is 2.80. The molecule has 1 aliphatic heterocycles. The summed E-state index contributed by atoms with van der Waals surface area (Å²) >= 11 is 6.33. The minimum Gasteiger partial charge on any atom is -0.370 e. The molecule has 2 aromatic carbocycles. The fraction of sp³-hybridized carbons (Fsp3) is 0.250. The molecule has 0 spiro atoms. The lowest BCUT2D eigenvalue weighted by Gasteiger charge is -2.09. The smallest absolute Gasteiger partial charge is 0.148 e. The molecule has 4 rings (SSSR count). The number of anilines is 1. The Morgan fingerprint density at radius 3 is 2.72 bits per heavy atom. The van der Waals surface area contributed by atoms with Crippen LogP contribution in [-0.4, -0.2) is 16.3 Å². The Hall–Kier alpha value is -2.33. The maximum Gasteiger partial charge on any atom is 0.148 e. The summed E-state index contributed by atoms with van der Waals surface area (Å²) in [5.74, 6) is 0.632. The zero-order chi connectivity index (χ0) is 17.2. The van der Waals surface area contributed by atoms with E-state index < -0.39 is 0 Å². The van der Waals surface area contributed by atoms with E-state index in [1.165, 1.54) is 11.6 Å². The zero-order valence-corrected chi connectivity index (χ0v) is 14.6. The van der Waals surface area contributed by atoms with E-state index in [-0.39, 0.29) is 5.82 Å². The summed E-state index contributed by atoms with van der Waals surface area (Å²) in [6.07, 6.45) is 3.78. The molecule has 0 atom stereocenters. The first kappa shape index (κ1) is 16.2. The van der Waals surface area contributed by atoms with Crippen molar-refractivity contribution in [3.8, 4) is 5.69 Å². The van der Waals surface area contributed by atoms with Gasteiger partial charge in [-0.05, 0) is 43.0 Å². The Balaban J connectivity index is 1.82. The number of hydrogen-bond acceptors (Lipinski definition) is 2. The van der Waals surface area contributed by atoms with Gasteiger partial charge in [0.25, 0.3) is 0 Å². The van der Waals surface area contributed by atoms with Crippen LogP contribution in [0.4, 0.5) is 10.2 Å². The molecule has 1 aliphatic rings. The van der Waals surface area contributed by atoms with Crippen molar-refractivity contribution < 1.29 is 4.39 Å². The lowest BCUT2D eigenvalue weighted by Crippen LogP contribution is -2.08. The number of rotatable bonds is 3. The molecule has 3 nitrogen and oxygen atoms in total. The number of hydrogen-bond donors (Lipinski definition) is 1. The SMILES string of the molecule is Fc1ccccc1-n1nc(Cc2ccccc2Cl)c2c1NCCCC2. The number of aromatic nitrogens is 2. The number of para-hydroxylation sites is 1. The fourth-order valence-corrected chi connectivity index (χ4v) is 3.54. The van der Waals surface area contributed by atoms with Crippen LogP contribution < -0.4 is 5.32 Å². The van der Waals surface area contributed by atoms with Crippen LogP contribution >= 0.6 is 11.6 Å². The molecule has 2 heterocycles. The van der Waals surface area contributed by atoms with E-state index >= 15 is 0 Å². The molecule has 0 saturated carbocycles. The number of benzene rings is 2. The van der Waals surface area contributed by atoms with Crippen LogP contribution in [0.25, 0.3) is 5.69 Å². The van der Waals surface area contributed by atoms with Crippen molar-refractivity contribution >= 4 is 17.4 Å². The van der Waals surface area contributed by atoms with Crippen molar-refractivity contribution in [1.29, 1.82) is 0 Å². The van der Waals surface area contributed by atoms with E-state index in [1.54, 1.807) is 16.8 Å². The van der Waals surface area contributed by atoms with Crippen molar-refractivity contribution in [2.45, 2.75) is 25.7 Å². The quantitative estimate of drug-likeness (QED) is 0.716. The molecule has 0 saturated heterocycles. The Labute approximate surface area is 151 Å². The summed E-state index contributed by atoms with van der Waals surface area (Å²) in [4.78, 5) is 0. The van der Waals surface area contributed by atoms with E-state index in [0.717, 1.165) is 47.9 Å². The highest BCUT2D eigenvalue weighted by molar-refractivity contribution is 6.31. The van der Waals surface area contributed by atoms with Crippen LogP contribution in [0.5, 0.6) is 0 Å². The Kier molecular flexibility index (Phi) is 4.45. The van der Waals surface area contributed by atoms with Gasteiger partial charge in [0.1, 0.15) is 17.3 Å². The van der Waals surface area contributed by atoms with Gasteiger partial charge in [-0.1, -0.05) is 41.9 Å². The minimum absolute atomic E-state index is 0.275. The molecule has 128 valence electrons. The molecular formula is C20H19ClFN3. The zero-order valence-electron chi connectivity index (χ0n) is 13.8. The van der Waals surface area contributed by atoms with Crippen LogP contribution in [0.1, 0.15) is 29.7 Å². The summed E-state index contributed by atoms with van der Waals surface area (Å²) in [6.45, 7) is 0.874. The summed E-state index contributed by atoms with van der Waals surface area (Å²) in [6, 6.07) is 14.6. The predicted molar refractivity (Wildman–Crippen MR) is 99.2 cm³/mol. The number of nitrogens with zero attached hydrogens (tertiary/aromatic N) is 2. The molecule has 5 heteroatoms. The van der Waals surface area contributed by atoms with Crippen LogP contribution in [-0.2, 0) is 12.8 Å². The van der Waals surface area contributed by atoms with Crippen molar-refractivity contribution in [2.24, 2.45) is 0 Å². The van der Waals surface area contributed by atoms with Gasteiger partial charge in [0, 0.05) is 23.6 Å². The lowest BCUT2D eigenvalue weighted by atomic mass is 10.0. The van der Waals surface area contributed by atoms with Crippen LogP contribution in [0, 0.1) is 5.82 Å². The monoisotopic (exact) mass is 355 g/mol. The van der Waals surface area contributed by atoms with Crippen molar-refractivity contribution in [3.05, 3.63) is 76.2 Å². The highest BCUT2D eigenvalue weighted by Crippen LogP contribution is 2.31. The standard InChI is InChI=1S/C20H19ClFN3/c21-16-9-2-1-7-14(16)13-18-15-8-5-6-12-23-20(15)25(24-18)19-11-4-3-10-17(19)22/h1-4,7,9-11,23H,5-6,8,12-13H2. The molecule has 0 aliphatic carbocycles. The molecule has 0 unspecified atom stereocenters. The molecule has 0 amide bonds. The van der Waals surface area contributed by atoms with Crippen molar-refractivity contribution in [1.82, 2.24) is 9.78 Å². The van der Waals surface area contributed by atoms with E-state index in [0.29, 0.717) is 12.1 Å². The van der Waals surface area contributed by atoms with Crippen LogP contribution in [0.3, 0.4) is 0 Å². The molecule has 1 aromatic heterocycles. The highest BCUT2D eigenvalue weighted by atomic mass is 35.5. The second-order valence-corrected chi connectivity index (χ2v) is 6.70. The second-order valence-electron chi connectivity index (χ2n) is 6.29. The largest absolute Gasteiger partial charge is 0.370 e. The topological polar surface area (TPSA) is 29.9 Å². The molecule has 1 N–H and O–H groups in total. The first-order valence-electron chi connectivity index (χ1n) is 8.57. The third kappa shape index (κ3) is 3.14. The molecule has 3 aromatic rings. The summed E-state index contributed by atoms with van der Waals surface area (Å²) < 4.78 is 16.0. The molecule has 0 fully saturated rings. The van der Waals surface area contributed by atoms with Crippen molar-refractivity contribution in [2.75, 3.05) is 11.9 Å². The van der Waals surface area contributed by atoms with Gasteiger partial charge in [-0.3, -0.25) is 0 Å². The summed E-state index contributed by atoms with van der Waals surface area (Å²) in [5.41, 5.74) is 3.63. The summed E-state index contributed by atoms with van der Waals surface area (Å²) in [7, 11) is 0. The molecule has 0 bridgehead atoms. The Morgan fingerprint density at radius 1 is 1.08 bits per heavy atom. The number of fused-ring (bicyclic) bond motifs is 1. The van der Waals surface area contributed by atoms with Gasteiger partial charge in [0.2, 0.25) is 0 Å². The fourth-order valence-electron chi connectivity index (χ4n) is 3.34. The predicted octanol–water partition coefficient (Wildman–Crippen LogP) is 5.00. The Bertz CT molecular complexity index is 904. The van der Waals surface area contributed by atoms with E-state index in [1.807, 2.05) is 30.3 Å². The van der Waals surface area contributed by atoms with Gasteiger partial charge in [0.15, 0.2) is 0 Å². The van der Waals surface area contributed by atoms with Crippen LogP contribution in [0.15, 0.2) is 48.5 Å². The van der Waals surface area contributed by atoms with Crippen molar-refractivity contribution in [3.63, 3.8) is 0 Å². The number of halogens is 2. The van der Waals surface area contributed by atoms with Gasteiger partial charge in [-0.25, -0.2) is 9.07 Å². The van der Waals surface area contributed by atoms with E-state index in [4.69, 9.17) is 16.7 Å². The van der Waals surface area contributed by atoms with Gasteiger partial charge in [-0.2, -0.15) is 5.10 Å². The minimum atomic E-state index is -0.275. The number of nitrogens with one attached hydrogen (secondary N) is 1. The molecule has 0 radical (unpaired) electrons. The van der Waals surface area contributed by atoms with Gasteiger partial charge < -0.3 is 5.32 Å². The van der Waals surface area contributed by atoms with E-state index in [2.05, 4.69) is 5.32 Å². The average molecular weight is 356 g/mol. The highest BCUT2D eigenvalue weighted by Gasteiger charge is 2.22. The molecule has 25 heavy (non-hydrogen) atoms. The maximum atomic E-state index is 14.3. The van der Waals surface area contributed by atoms with Crippen LogP contribution in [0.2, 0.25) is 5.02 Å². The third-order valence-electron chi connectivity index (χ3n) is 4.61. The third-order valence-corrected chi connectivity index (χ3v) is 4.98. The first-order valence-corrected chi connectivity index (χ1v) is 8.95. The first-order chi connectivity index (χ1) is 12.2. The Morgan fingerprint density at radius 2 is 1.88 bits per heavy atom. The lowest BCUT2D eigenvalue weighted by molar-refractivity contribution is 0.610. The van der Waals surface area contributed by atoms with E-state index in [9.17, 15) is 4.39 Å². The van der Waals surface area contributed by atoms with Gasteiger partial charge in [0.05, 0.1) is 5.69 Å². The maximum absolute atomic E-state index is 14.3.